The molecule has 0 aliphatic rings. The van der Waals surface area contributed by atoms with E-state index in [-0.39, 0.29) is 5.41 Å². The monoisotopic (exact) mass is 419 g/mol. The van der Waals surface area contributed by atoms with E-state index < -0.39 is 0 Å². The molecule has 2 aromatic rings. The van der Waals surface area contributed by atoms with Gasteiger partial charge in [0, 0.05) is 23.4 Å². The molecule has 2 N–H and O–H groups in total. The minimum absolute atomic E-state index is 0.0237. The highest BCUT2D eigenvalue weighted by Crippen LogP contribution is 2.38. The van der Waals surface area contributed by atoms with Crippen molar-refractivity contribution >= 4 is 17.3 Å². The second kappa shape index (κ2) is 11.0. The summed E-state index contributed by atoms with van der Waals surface area (Å²) in [6.45, 7) is 11.1. The Balaban J connectivity index is 2.15. The van der Waals surface area contributed by atoms with Crippen LogP contribution in [0.4, 0.5) is 0 Å². The fourth-order valence-corrected chi connectivity index (χ4v) is 3.73. The highest BCUT2D eigenvalue weighted by atomic mass is 32.1. The molecule has 0 spiro atoms. The molecule has 0 unspecified atom stereocenters. The molecule has 0 amide bonds. The minimum atomic E-state index is 0.0237. The van der Waals surface area contributed by atoms with Crippen LogP contribution in [0.3, 0.4) is 0 Å². The van der Waals surface area contributed by atoms with Crippen LogP contribution in [-0.2, 0) is 12.0 Å². The first kappa shape index (κ1) is 22.9. The van der Waals surface area contributed by atoms with Gasteiger partial charge in [0.15, 0.2) is 17.5 Å². The van der Waals surface area contributed by atoms with Gasteiger partial charge in [0.25, 0.3) is 0 Å². The van der Waals surface area contributed by atoms with Crippen molar-refractivity contribution < 1.29 is 14.2 Å². The van der Waals surface area contributed by atoms with Crippen molar-refractivity contribution in [1.29, 1.82) is 0 Å². The molecule has 0 radical (unpaired) electrons. The van der Waals surface area contributed by atoms with Crippen molar-refractivity contribution in [3.05, 3.63) is 40.1 Å². The molecule has 1 heterocycles. The molecule has 6 nitrogen and oxygen atoms in total. The molecule has 0 bridgehead atoms. The van der Waals surface area contributed by atoms with Gasteiger partial charge in [0.05, 0.1) is 27.4 Å². The lowest BCUT2D eigenvalue weighted by atomic mass is 9.91. The van der Waals surface area contributed by atoms with E-state index in [1.807, 2.05) is 19.1 Å². The van der Waals surface area contributed by atoms with Crippen molar-refractivity contribution in [2.24, 2.45) is 4.99 Å². The summed E-state index contributed by atoms with van der Waals surface area (Å²) in [7, 11) is 3.26. The van der Waals surface area contributed by atoms with Crippen molar-refractivity contribution in [1.82, 2.24) is 10.6 Å². The van der Waals surface area contributed by atoms with E-state index in [1.165, 1.54) is 4.88 Å². The molecule has 29 heavy (non-hydrogen) atoms. The number of ether oxygens (including phenoxy) is 3. The molecule has 0 saturated carbocycles. The highest BCUT2D eigenvalue weighted by Gasteiger charge is 2.22. The van der Waals surface area contributed by atoms with E-state index in [4.69, 9.17) is 19.2 Å². The maximum absolute atomic E-state index is 5.67. The van der Waals surface area contributed by atoms with Crippen molar-refractivity contribution in [2.75, 3.05) is 33.9 Å². The van der Waals surface area contributed by atoms with Gasteiger partial charge >= 0.3 is 0 Å². The zero-order chi connectivity index (χ0) is 21.3. The van der Waals surface area contributed by atoms with Crippen LogP contribution in [0, 0.1) is 0 Å². The quantitative estimate of drug-likeness (QED) is 0.446. The topological polar surface area (TPSA) is 64.1 Å². The molecular formula is C22H33N3O3S. The maximum Gasteiger partial charge on any atom is 0.203 e. The van der Waals surface area contributed by atoms with E-state index in [9.17, 15) is 0 Å². The van der Waals surface area contributed by atoms with Gasteiger partial charge in [-0.05, 0) is 43.0 Å². The van der Waals surface area contributed by atoms with Gasteiger partial charge in [-0.1, -0.05) is 19.9 Å². The first-order valence-electron chi connectivity index (χ1n) is 9.89. The Morgan fingerprint density at radius 2 is 1.79 bits per heavy atom. The third kappa shape index (κ3) is 6.29. The van der Waals surface area contributed by atoms with Gasteiger partial charge in [0.2, 0.25) is 5.75 Å². The normalized spacial score (nSPS) is 11.9. The molecular weight excluding hydrogens is 386 g/mol. The summed E-state index contributed by atoms with van der Waals surface area (Å²) in [5.41, 5.74) is 1.01. The molecule has 0 fully saturated rings. The van der Waals surface area contributed by atoms with Gasteiger partial charge in [-0.15, -0.1) is 11.3 Å². The number of nitrogens with one attached hydrogen (secondary N) is 2. The molecule has 7 heteroatoms. The van der Waals surface area contributed by atoms with E-state index in [0.29, 0.717) is 30.4 Å². The van der Waals surface area contributed by atoms with Crippen LogP contribution < -0.4 is 24.8 Å². The third-order valence-electron chi connectivity index (χ3n) is 4.46. The largest absolute Gasteiger partial charge is 0.493 e. The fourth-order valence-electron chi connectivity index (χ4n) is 2.88. The predicted octanol–water partition coefficient (Wildman–Crippen LogP) is 4.20. The number of rotatable bonds is 10. The van der Waals surface area contributed by atoms with Crippen LogP contribution in [0.2, 0.25) is 0 Å². The number of aliphatic imine (C=N–C) groups is 1. The van der Waals surface area contributed by atoms with Crippen molar-refractivity contribution in [3.63, 3.8) is 0 Å². The van der Waals surface area contributed by atoms with Gasteiger partial charge in [-0.3, -0.25) is 0 Å². The van der Waals surface area contributed by atoms with E-state index in [2.05, 4.69) is 48.9 Å². The number of hydrogen-bond donors (Lipinski definition) is 2. The summed E-state index contributed by atoms with van der Waals surface area (Å²) in [4.78, 5) is 6.09. The first-order chi connectivity index (χ1) is 13.9. The number of nitrogens with zero attached hydrogens (tertiary/aromatic N) is 1. The summed E-state index contributed by atoms with van der Waals surface area (Å²) in [5.74, 6) is 2.69. The summed E-state index contributed by atoms with van der Waals surface area (Å²) in [5, 5.41) is 8.90. The Hall–Kier alpha value is -2.41. The standard InChI is InChI=1S/C22H33N3O3S/c1-7-23-21(25-15-22(3,4)19-10-9-11-29-19)24-14-16-12-17(26-5)20(28-8-2)18(13-16)27-6/h9-13H,7-8,14-15H2,1-6H3,(H2,23,24,25). The second-order valence-corrected chi connectivity index (χ2v) is 8.12. The Morgan fingerprint density at radius 1 is 1.10 bits per heavy atom. The highest BCUT2D eigenvalue weighted by molar-refractivity contribution is 7.10. The summed E-state index contributed by atoms with van der Waals surface area (Å²) in [6.07, 6.45) is 0. The van der Waals surface area contributed by atoms with Crippen LogP contribution in [-0.4, -0.2) is 39.9 Å². The summed E-state index contributed by atoms with van der Waals surface area (Å²) in [6, 6.07) is 8.15. The lowest BCUT2D eigenvalue weighted by Crippen LogP contribution is -2.43. The van der Waals surface area contributed by atoms with Gasteiger partial charge in [0.1, 0.15) is 0 Å². The molecule has 0 saturated heterocycles. The Bertz CT molecular complexity index is 764. The minimum Gasteiger partial charge on any atom is -0.493 e. The zero-order valence-electron chi connectivity index (χ0n) is 18.3. The Morgan fingerprint density at radius 3 is 2.31 bits per heavy atom. The molecule has 0 atom stereocenters. The average Bonchev–Trinajstić information content (AvgIpc) is 3.26. The number of guanidine groups is 1. The number of thiophene rings is 1. The molecule has 160 valence electrons. The van der Waals surface area contributed by atoms with E-state index >= 15 is 0 Å². The first-order valence-corrected chi connectivity index (χ1v) is 10.8. The Kier molecular flexibility index (Phi) is 8.64. The van der Waals surface area contributed by atoms with E-state index in [1.54, 1.807) is 25.6 Å². The predicted molar refractivity (Wildman–Crippen MR) is 121 cm³/mol. The van der Waals surface area contributed by atoms with Crippen LogP contribution >= 0.6 is 11.3 Å². The lowest BCUT2D eigenvalue weighted by Gasteiger charge is -2.25. The number of hydrogen-bond acceptors (Lipinski definition) is 5. The summed E-state index contributed by atoms with van der Waals surface area (Å²) < 4.78 is 16.6. The van der Waals surface area contributed by atoms with Gasteiger partial charge in [-0.2, -0.15) is 0 Å². The Labute approximate surface area is 178 Å². The smallest absolute Gasteiger partial charge is 0.203 e. The zero-order valence-corrected chi connectivity index (χ0v) is 19.1. The van der Waals surface area contributed by atoms with Crippen LogP contribution in [0.1, 0.15) is 38.1 Å². The van der Waals surface area contributed by atoms with Crippen molar-refractivity contribution in [3.8, 4) is 17.2 Å². The SMILES string of the molecule is CCNC(=NCc1cc(OC)c(OCC)c(OC)c1)NCC(C)(C)c1cccs1. The third-order valence-corrected chi connectivity index (χ3v) is 5.69. The van der Waals surface area contributed by atoms with E-state index in [0.717, 1.165) is 24.6 Å². The number of methoxy groups -OCH3 is 2. The molecule has 2 rings (SSSR count). The maximum atomic E-state index is 5.67. The number of benzene rings is 1. The van der Waals surface area contributed by atoms with Crippen LogP contribution in [0.25, 0.3) is 0 Å². The van der Waals surface area contributed by atoms with Gasteiger partial charge < -0.3 is 24.8 Å². The molecule has 0 aliphatic carbocycles. The molecule has 1 aromatic carbocycles. The molecule has 1 aromatic heterocycles. The average molecular weight is 420 g/mol. The second-order valence-electron chi connectivity index (χ2n) is 7.17. The van der Waals surface area contributed by atoms with Gasteiger partial charge in [-0.25, -0.2) is 4.99 Å². The van der Waals surface area contributed by atoms with Crippen LogP contribution in [0.5, 0.6) is 17.2 Å². The lowest BCUT2D eigenvalue weighted by molar-refractivity contribution is 0.288. The van der Waals surface area contributed by atoms with Crippen LogP contribution in [0.15, 0.2) is 34.6 Å². The molecule has 0 aliphatic heterocycles. The fraction of sp³-hybridized carbons (Fsp3) is 0.500. The summed E-state index contributed by atoms with van der Waals surface area (Å²) >= 11 is 1.78. The van der Waals surface area contributed by atoms with Crippen molar-refractivity contribution in [2.45, 2.75) is 39.7 Å².